The molecule has 108 valence electrons. The first-order chi connectivity index (χ1) is 9.60. The highest BCUT2D eigenvalue weighted by Gasteiger charge is 2.27. The quantitative estimate of drug-likeness (QED) is 0.855. The van der Waals surface area contributed by atoms with E-state index in [2.05, 4.69) is 10.3 Å². The monoisotopic (exact) mass is 280 g/mol. The number of hydrogen-bond donors (Lipinski definition) is 1. The third-order valence-electron chi connectivity index (χ3n) is 3.56. The summed E-state index contributed by atoms with van der Waals surface area (Å²) in [6, 6.07) is 2.58. The molecule has 5 nitrogen and oxygen atoms in total. The van der Waals surface area contributed by atoms with Gasteiger partial charge in [0.1, 0.15) is 11.5 Å². The van der Waals surface area contributed by atoms with Gasteiger partial charge in [-0.3, -0.25) is 9.59 Å². The van der Waals surface area contributed by atoms with Gasteiger partial charge in [-0.2, -0.15) is 0 Å². The standard InChI is InChI=1S/C14H17FN2O3/c1-20-14(19)9-2-5-11(6-3-9)17-13(18)12-7-4-10(15)8-16-12/h4,7-9,11H,2-3,5-6H2,1H3,(H,17,18). The zero-order valence-electron chi connectivity index (χ0n) is 11.3. The van der Waals surface area contributed by atoms with Crippen LogP contribution < -0.4 is 5.32 Å². The van der Waals surface area contributed by atoms with Crippen LogP contribution in [0.15, 0.2) is 18.3 Å². The Hall–Kier alpha value is -1.98. The van der Waals surface area contributed by atoms with Crippen molar-refractivity contribution in [3.05, 3.63) is 29.8 Å². The molecular formula is C14H17FN2O3. The number of carbonyl (C=O) groups excluding carboxylic acids is 2. The fraction of sp³-hybridized carbons (Fsp3) is 0.500. The van der Waals surface area contributed by atoms with Gasteiger partial charge in [0, 0.05) is 6.04 Å². The van der Waals surface area contributed by atoms with Crippen molar-refractivity contribution >= 4 is 11.9 Å². The summed E-state index contributed by atoms with van der Waals surface area (Å²) in [4.78, 5) is 27.0. The molecule has 1 N–H and O–H groups in total. The van der Waals surface area contributed by atoms with E-state index in [9.17, 15) is 14.0 Å². The molecule has 0 aromatic carbocycles. The predicted molar refractivity (Wildman–Crippen MR) is 69.4 cm³/mol. The summed E-state index contributed by atoms with van der Waals surface area (Å²) in [5, 5.41) is 2.86. The average Bonchev–Trinajstić information content (AvgIpc) is 2.48. The van der Waals surface area contributed by atoms with E-state index in [0.717, 1.165) is 19.0 Å². The minimum atomic E-state index is -0.472. The number of nitrogens with one attached hydrogen (secondary N) is 1. The highest BCUT2D eigenvalue weighted by atomic mass is 19.1. The molecule has 1 saturated carbocycles. The molecule has 1 aromatic rings. The average molecular weight is 280 g/mol. The van der Waals surface area contributed by atoms with Crippen molar-refractivity contribution in [2.75, 3.05) is 7.11 Å². The van der Waals surface area contributed by atoms with Crippen molar-refractivity contribution in [3.63, 3.8) is 0 Å². The second kappa shape index (κ2) is 6.45. The van der Waals surface area contributed by atoms with Gasteiger partial charge < -0.3 is 10.1 Å². The lowest BCUT2D eigenvalue weighted by molar-refractivity contribution is -0.146. The number of aromatic nitrogens is 1. The molecule has 0 radical (unpaired) electrons. The van der Waals surface area contributed by atoms with Crippen LogP contribution in [0.5, 0.6) is 0 Å². The Kier molecular flexibility index (Phi) is 4.65. The Morgan fingerprint density at radius 3 is 2.55 bits per heavy atom. The van der Waals surface area contributed by atoms with Crippen molar-refractivity contribution in [1.82, 2.24) is 10.3 Å². The van der Waals surface area contributed by atoms with Crippen LogP contribution in [-0.2, 0) is 9.53 Å². The maximum absolute atomic E-state index is 12.7. The molecule has 0 aliphatic heterocycles. The second-order valence-electron chi connectivity index (χ2n) is 4.91. The number of hydrogen-bond acceptors (Lipinski definition) is 4. The lowest BCUT2D eigenvalue weighted by Crippen LogP contribution is -2.39. The molecule has 1 aliphatic carbocycles. The molecule has 1 amide bonds. The molecule has 0 spiro atoms. The van der Waals surface area contributed by atoms with E-state index in [-0.39, 0.29) is 29.5 Å². The SMILES string of the molecule is COC(=O)C1CCC(NC(=O)c2ccc(F)cn2)CC1. The highest BCUT2D eigenvalue weighted by Crippen LogP contribution is 2.25. The van der Waals surface area contributed by atoms with Crippen molar-refractivity contribution < 1.29 is 18.7 Å². The molecule has 1 fully saturated rings. The molecule has 20 heavy (non-hydrogen) atoms. The molecule has 1 aliphatic rings. The van der Waals surface area contributed by atoms with Crippen molar-refractivity contribution in [3.8, 4) is 0 Å². The third kappa shape index (κ3) is 3.53. The van der Waals surface area contributed by atoms with E-state index in [1.165, 1.54) is 19.2 Å². The lowest BCUT2D eigenvalue weighted by atomic mass is 9.86. The summed E-state index contributed by atoms with van der Waals surface area (Å²) in [6.07, 6.45) is 3.88. The van der Waals surface area contributed by atoms with Crippen LogP contribution in [0.2, 0.25) is 0 Å². The molecule has 0 saturated heterocycles. The van der Waals surface area contributed by atoms with Gasteiger partial charge in [-0.1, -0.05) is 0 Å². The fourth-order valence-corrected chi connectivity index (χ4v) is 2.41. The topological polar surface area (TPSA) is 68.3 Å². The van der Waals surface area contributed by atoms with Gasteiger partial charge >= 0.3 is 5.97 Å². The summed E-state index contributed by atoms with van der Waals surface area (Å²) >= 11 is 0. The first-order valence-corrected chi connectivity index (χ1v) is 6.60. The van der Waals surface area contributed by atoms with Gasteiger partial charge in [0.15, 0.2) is 0 Å². The van der Waals surface area contributed by atoms with Crippen LogP contribution in [0, 0.1) is 11.7 Å². The van der Waals surface area contributed by atoms with Crippen LogP contribution in [0.3, 0.4) is 0 Å². The smallest absolute Gasteiger partial charge is 0.308 e. The summed E-state index contributed by atoms with van der Waals surface area (Å²) in [7, 11) is 1.39. The molecule has 1 aromatic heterocycles. The Morgan fingerprint density at radius 1 is 1.30 bits per heavy atom. The Morgan fingerprint density at radius 2 is 2.00 bits per heavy atom. The van der Waals surface area contributed by atoms with Crippen LogP contribution in [-0.4, -0.2) is 30.0 Å². The maximum atomic E-state index is 12.7. The van der Waals surface area contributed by atoms with E-state index >= 15 is 0 Å². The largest absolute Gasteiger partial charge is 0.469 e. The van der Waals surface area contributed by atoms with Gasteiger partial charge in [-0.05, 0) is 37.8 Å². The number of halogens is 1. The van der Waals surface area contributed by atoms with Gasteiger partial charge in [0.25, 0.3) is 5.91 Å². The van der Waals surface area contributed by atoms with E-state index < -0.39 is 5.82 Å². The van der Waals surface area contributed by atoms with Crippen LogP contribution in [0.4, 0.5) is 4.39 Å². The number of pyridine rings is 1. The number of esters is 1. The van der Waals surface area contributed by atoms with E-state index in [4.69, 9.17) is 4.74 Å². The number of nitrogens with zero attached hydrogens (tertiary/aromatic N) is 1. The molecule has 0 bridgehead atoms. The Balaban J connectivity index is 1.85. The number of carbonyl (C=O) groups is 2. The minimum Gasteiger partial charge on any atom is -0.469 e. The lowest BCUT2D eigenvalue weighted by Gasteiger charge is -2.27. The molecule has 0 unspecified atom stereocenters. The van der Waals surface area contributed by atoms with Gasteiger partial charge in [0.2, 0.25) is 0 Å². The number of amides is 1. The Bertz CT molecular complexity index is 482. The molecule has 6 heteroatoms. The van der Waals surface area contributed by atoms with Crippen molar-refractivity contribution in [1.29, 1.82) is 0 Å². The number of ether oxygens (including phenoxy) is 1. The summed E-state index contributed by atoms with van der Waals surface area (Å²) in [6.45, 7) is 0. The molecule has 2 rings (SSSR count). The zero-order chi connectivity index (χ0) is 14.5. The predicted octanol–water partition coefficient (Wildman–Crippen LogP) is 1.68. The van der Waals surface area contributed by atoms with Gasteiger partial charge in [0.05, 0.1) is 19.2 Å². The summed E-state index contributed by atoms with van der Waals surface area (Å²) < 4.78 is 17.4. The van der Waals surface area contributed by atoms with Crippen molar-refractivity contribution in [2.45, 2.75) is 31.7 Å². The molecular weight excluding hydrogens is 263 g/mol. The van der Waals surface area contributed by atoms with Crippen LogP contribution in [0.25, 0.3) is 0 Å². The fourth-order valence-electron chi connectivity index (χ4n) is 2.41. The van der Waals surface area contributed by atoms with E-state index in [1.54, 1.807) is 0 Å². The normalized spacial score (nSPS) is 22.1. The number of rotatable bonds is 3. The first kappa shape index (κ1) is 14.4. The highest BCUT2D eigenvalue weighted by molar-refractivity contribution is 5.92. The first-order valence-electron chi connectivity index (χ1n) is 6.60. The molecule has 0 atom stereocenters. The third-order valence-corrected chi connectivity index (χ3v) is 3.56. The summed E-state index contributed by atoms with van der Waals surface area (Å²) in [5.74, 6) is -1.04. The van der Waals surface area contributed by atoms with Gasteiger partial charge in [-0.25, -0.2) is 9.37 Å². The van der Waals surface area contributed by atoms with Crippen LogP contribution in [0.1, 0.15) is 36.2 Å². The Labute approximate surface area is 116 Å². The van der Waals surface area contributed by atoms with E-state index in [1.807, 2.05) is 0 Å². The number of methoxy groups -OCH3 is 1. The summed E-state index contributed by atoms with van der Waals surface area (Å²) in [5.41, 5.74) is 0.196. The second-order valence-corrected chi connectivity index (χ2v) is 4.91. The zero-order valence-corrected chi connectivity index (χ0v) is 11.3. The minimum absolute atomic E-state index is 0.0234. The van der Waals surface area contributed by atoms with E-state index in [0.29, 0.717) is 12.8 Å². The van der Waals surface area contributed by atoms with Crippen LogP contribution >= 0.6 is 0 Å². The van der Waals surface area contributed by atoms with Crippen molar-refractivity contribution in [2.24, 2.45) is 5.92 Å². The molecule has 1 heterocycles. The maximum Gasteiger partial charge on any atom is 0.308 e. The van der Waals surface area contributed by atoms with Gasteiger partial charge in [-0.15, -0.1) is 0 Å².